The van der Waals surface area contributed by atoms with Crippen molar-refractivity contribution >= 4 is 7.25 Å². The topological polar surface area (TPSA) is 30.5 Å². The molecule has 0 aromatic rings. The van der Waals surface area contributed by atoms with Crippen molar-refractivity contribution in [3.8, 4) is 0 Å². The Morgan fingerprint density at radius 1 is 1.62 bits per heavy atom. The lowest BCUT2D eigenvalue weighted by atomic mass is 10.1. The second-order valence-corrected chi connectivity index (χ2v) is 1.31. The lowest BCUT2D eigenvalue weighted by molar-refractivity contribution is 0.233. The molecule has 0 bridgehead atoms. The third-order valence-corrected chi connectivity index (χ3v) is 0.768. The summed E-state index contributed by atoms with van der Waals surface area (Å²) in [7, 11) is 3.13. The van der Waals surface area contributed by atoms with E-state index in [1.807, 2.05) is 6.92 Å². The van der Waals surface area contributed by atoms with Crippen molar-refractivity contribution in [2.75, 3.05) is 20.8 Å². The van der Waals surface area contributed by atoms with Crippen molar-refractivity contribution < 1.29 is 9.31 Å². The van der Waals surface area contributed by atoms with Crippen LogP contribution in [0.3, 0.4) is 0 Å². The standard InChI is InChI=1S/C4H12BNO2/c1-4-8-5(6-2)7-3/h6H,4H2,1-3H3. The normalized spacial score (nSPS) is 9.38. The monoisotopic (exact) mass is 117 g/mol. The summed E-state index contributed by atoms with van der Waals surface area (Å²) in [5.41, 5.74) is 0. The predicted molar refractivity (Wildman–Crippen MR) is 33.4 cm³/mol. The lowest BCUT2D eigenvalue weighted by Crippen LogP contribution is -2.36. The van der Waals surface area contributed by atoms with Gasteiger partial charge in [0, 0.05) is 13.7 Å². The van der Waals surface area contributed by atoms with Crippen LogP contribution < -0.4 is 5.23 Å². The second-order valence-electron chi connectivity index (χ2n) is 1.31. The summed E-state index contributed by atoms with van der Waals surface area (Å²) in [4.78, 5) is 0. The quantitative estimate of drug-likeness (QED) is 0.520. The van der Waals surface area contributed by atoms with Crippen LogP contribution in [0.4, 0.5) is 0 Å². The average Bonchev–Trinajstić information content (AvgIpc) is 1.83. The molecular weight excluding hydrogens is 105 g/mol. The van der Waals surface area contributed by atoms with E-state index in [1.165, 1.54) is 0 Å². The highest BCUT2D eigenvalue weighted by Gasteiger charge is 2.10. The SMILES string of the molecule is CCOB(NC)OC. The molecule has 0 saturated carbocycles. The first kappa shape index (κ1) is 7.94. The first-order chi connectivity index (χ1) is 3.85. The minimum Gasteiger partial charge on any atom is -0.400 e. The Labute approximate surface area is 50.5 Å². The van der Waals surface area contributed by atoms with Gasteiger partial charge in [-0.1, -0.05) is 0 Å². The third kappa shape index (κ3) is 3.01. The van der Waals surface area contributed by atoms with Gasteiger partial charge in [-0.3, -0.25) is 0 Å². The predicted octanol–water partition coefficient (Wildman–Crippen LogP) is -0.126. The molecule has 0 rings (SSSR count). The van der Waals surface area contributed by atoms with Gasteiger partial charge in [0.15, 0.2) is 0 Å². The van der Waals surface area contributed by atoms with Crippen molar-refractivity contribution in [1.82, 2.24) is 5.23 Å². The van der Waals surface area contributed by atoms with Crippen molar-refractivity contribution in [2.45, 2.75) is 6.92 Å². The van der Waals surface area contributed by atoms with Gasteiger partial charge < -0.3 is 14.5 Å². The zero-order chi connectivity index (χ0) is 6.41. The minimum absolute atomic E-state index is 0.250. The Morgan fingerprint density at radius 3 is 2.38 bits per heavy atom. The molecule has 0 aliphatic rings. The first-order valence-corrected chi connectivity index (χ1v) is 2.66. The molecule has 1 N–H and O–H groups in total. The molecule has 0 unspecified atom stereocenters. The van der Waals surface area contributed by atoms with Gasteiger partial charge in [0.25, 0.3) is 0 Å². The van der Waals surface area contributed by atoms with E-state index in [-0.39, 0.29) is 7.25 Å². The van der Waals surface area contributed by atoms with Crippen LogP contribution in [0.5, 0.6) is 0 Å². The Bertz CT molecular complexity index is 49.3. The second kappa shape index (κ2) is 5.09. The van der Waals surface area contributed by atoms with Gasteiger partial charge in [-0.2, -0.15) is 0 Å². The summed E-state index contributed by atoms with van der Waals surface area (Å²) in [6.07, 6.45) is 0. The van der Waals surface area contributed by atoms with Gasteiger partial charge in [0.2, 0.25) is 0 Å². The van der Waals surface area contributed by atoms with Crippen LogP contribution in [-0.2, 0) is 9.31 Å². The maximum atomic E-state index is 5.01. The number of hydrogen-bond acceptors (Lipinski definition) is 3. The molecule has 48 valence electrons. The van der Waals surface area contributed by atoms with E-state index in [1.54, 1.807) is 14.2 Å². The fraction of sp³-hybridized carbons (Fsp3) is 1.00. The summed E-state index contributed by atoms with van der Waals surface area (Å²) in [6.45, 7) is 2.59. The van der Waals surface area contributed by atoms with Crippen LogP contribution in [0.1, 0.15) is 6.92 Å². The molecule has 0 spiro atoms. The molecule has 3 nitrogen and oxygen atoms in total. The number of rotatable bonds is 4. The van der Waals surface area contributed by atoms with E-state index >= 15 is 0 Å². The molecule has 0 fully saturated rings. The van der Waals surface area contributed by atoms with Crippen LogP contribution in [0.25, 0.3) is 0 Å². The fourth-order valence-corrected chi connectivity index (χ4v) is 0.421. The molecule has 0 heterocycles. The van der Waals surface area contributed by atoms with E-state index in [2.05, 4.69) is 5.23 Å². The van der Waals surface area contributed by atoms with E-state index in [9.17, 15) is 0 Å². The van der Waals surface area contributed by atoms with Crippen LogP contribution >= 0.6 is 0 Å². The van der Waals surface area contributed by atoms with Crippen molar-refractivity contribution in [3.05, 3.63) is 0 Å². The smallest absolute Gasteiger partial charge is 0.400 e. The Hall–Kier alpha value is -0.0551. The molecule has 0 radical (unpaired) electrons. The van der Waals surface area contributed by atoms with Crippen molar-refractivity contribution in [3.63, 3.8) is 0 Å². The van der Waals surface area contributed by atoms with Crippen LogP contribution in [-0.4, -0.2) is 28.0 Å². The molecule has 0 aromatic carbocycles. The van der Waals surface area contributed by atoms with Gasteiger partial charge in [-0.15, -0.1) is 0 Å². The van der Waals surface area contributed by atoms with E-state index in [0.29, 0.717) is 6.61 Å². The first-order valence-electron chi connectivity index (χ1n) is 2.66. The molecule has 0 aromatic heterocycles. The van der Waals surface area contributed by atoms with Crippen molar-refractivity contribution in [2.24, 2.45) is 0 Å². The summed E-state index contributed by atoms with van der Waals surface area (Å²) in [5, 5.41) is 2.81. The molecule has 8 heavy (non-hydrogen) atoms. The van der Waals surface area contributed by atoms with Crippen molar-refractivity contribution in [1.29, 1.82) is 0 Å². The lowest BCUT2D eigenvalue weighted by Gasteiger charge is -2.06. The summed E-state index contributed by atoms with van der Waals surface area (Å²) < 4.78 is 9.81. The maximum absolute atomic E-state index is 5.01. The third-order valence-electron chi connectivity index (χ3n) is 0.768. The number of hydrogen-bond donors (Lipinski definition) is 1. The van der Waals surface area contributed by atoms with Crippen LogP contribution in [0.15, 0.2) is 0 Å². The van der Waals surface area contributed by atoms with Crippen LogP contribution in [0, 0.1) is 0 Å². The van der Waals surface area contributed by atoms with Gasteiger partial charge >= 0.3 is 7.25 Å². The molecule has 0 aliphatic carbocycles. The highest BCUT2D eigenvalue weighted by molar-refractivity contribution is 6.40. The Kier molecular flexibility index (Phi) is 5.05. The van der Waals surface area contributed by atoms with Gasteiger partial charge in [0.05, 0.1) is 0 Å². The molecule has 0 aliphatic heterocycles. The summed E-state index contributed by atoms with van der Waals surface area (Å²) >= 11 is 0. The summed E-state index contributed by atoms with van der Waals surface area (Å²) in [6, 6.07) is 0. The summed E-state index contributed by atoms with van der Waals surface area (Å²) in [5.74, 6) is 0. The zero-order valence-corrected chi connectivity index (χ0v) is 5.60. The van der Waals surface area contributed by atoms with E-state index in [4.69, 9.17) is 9.31 Å². The van der Waals surface area contributed by atoms with Crippen LogP contribution in [0.2, 0.25) is 0 Å². The molecule has 0 atom stereocenters. The Balaban J connectivity index is 3.07. The Morgan fingerprint density at radius 2 is 2.25 bits per heavy atom. The largest absolute Gasteiger partial charge is 0.554 e. The van der Waals surface area contributed by atoms with Gasteiger partial charge in [-0.05, 0) is 14.0 Å². The van der Waals surface area contributed by atoms with Gasteiger partial charge in [0.1, 0.15) is 0 Å². The number of nitrogens with one attached hydrogen (secondary N) is 1. The zero-order valence-electron chi connectivity index (χ0n) is 5.60. The minimum atomic E-state index is -0.250. The highest BCUT2D eigenvalue weighted by atomic mass is 16.6. The van der Waals surface area contributed by atoms with Gasteiger partial charge in [-0.25, -0.2) is 0 Å². The fourth-order valence-electron chi connectivity index (χ4n) is 0.421. The highest BCUT2D eigenvalue weighted by Crippen LogP contribution is 1.78. The molecule has 0 amide bonds. The van der Waals surface area contributed by atoms with E-state index in [0.717, 1.165) is 0 Å². The molecular formula is C4H12BNO2. The average molecular weight is 117 g/mol. The molecule has 4 heteroatoms. The maximum Gasteiger partial charge on any atom is 0.554 e. The molecule has 0 saturated heterocycles. The van der Waals surface area contributed by atoms with E-state index < -0.39 is 0 Å².